The first-order valence-electron chi connectivity index (χ1n) is 11.7. The molecule has 2 heterocycles. The van der Waals surface area contributed by atoms with Gasteiger partial charge in [0.05, 0.1) is 11.1 Å². The van der Waals surface area contributed by atoms with Crippen LogP contribution >= 0.6 is 0 Å². The molecule has 4 rings (SSSR count). The van der Waals surface area contributed by atoms with Crippen molar-refractivity contribution in [1.29, 1.82) is 0 Å². The second kappa shape index (κ2) is 9.85. The van der Waals surface area contributed by atoms with Gasteiger partial charge in [-0.3, -0.25) is 14.7 Å². The van der Waals surface area contributed by atoms with Gasteiger partial charge in [-0.2, -0.15) is 5.10 Å². The van der Waals surface area contributed by atoms with Gasteiger partial charge in [0, 0.05) is 43.5 Å². The van der Waals surface area contributed by atoms with Crippen LogP contribution < -0.4 is 10.1 Å². The zero-order valence-electron chi connectivity index (χ0n) is 20.1. The summed E-state index contributed by atoms with van der Waals surface area (Å²) in [6.45, 7) is 10.3. The molecule has 0 aliphatic carbocycles. The molecule has 2 aromatic carbocycles. The van der Waals surface area contributed by atoms with Gasteiger partial charge in [-0.15, -0.1) is 0 Å². The van der Waals surface area contributed by atoms with E-state index in [-0.39, 0.29) is 28.9 Å². The monoisotopic (exact) mass is 464 g/mol. The van der Waals surface area contributed by atoms with Gasteiger partial charge < -0.3 is 20.1 Å². The average Bonchev–Trinajstić information content (AvgIpc) is 3.38. The van der Waals surface area contributed by atoms with E-state index >= 15 is 0 Å². The Morgan fingerprint density at radius 2 is 1.91 bits per heavy atom. The highest BCUT2D eigenvalue weighted by Crippen LogP contribution is 2.32. The lowest BCUT2D eigenvalue weighted by atomic mass is 10.0. The lowest BCUT2D eigenvalue weighted by Gasteiger charge is -2.16. The van der Waals surface area contributed by atoms with Crippen molar-refractivity contribution >= 4 is 22.6 Å². The maximum absolute atomic E-state index is 13.3. The second-order valence-electron chi connectivity index (χ2n) is 9.56. The minimum Gasteiger partial charge on any atom is -0.507 e. The summed E-state index contributed by atoms with van der Waals surface area (Å²) in [7, 11) is 0. The Labute approximate surface area is 199 Å². The predicted molar refractivity (Wildman–Crippen MR) is 130 cm³/mol. The average molecular weight is 465 g/mol. The van der Waals surface area contributed by atoms with Gasteiger partial charge in [0.1, 0.15) is 23.8 Å². The van der Waals surface area contributed by atoms with Crippen molar-refractivity contribution in [2.45, 2.75) is 53.2 Å². The molecule has 1 aliphatic rings. The van der Waals surface area contributed by atoms with Crippen molar-refractivity contribution in [3.05, 3.63) is 52.7 Å². The minimum absolute atomic E-state index is 0.0879. The first kappa shape index (κ1) is 23.8. The third-order valence-electron chi connectivity index (χ3n) is 5.88. The van der Waals surface area contributed by atoms with E-state index in [9.17, 15) is 14.7 Å². The SMILES string of the molecule is CC(C)CC(=O)c1n[nH]c2cc(O)c(C(=O)N3Cc4ccc(OCCNC(C)C)cc4C3)cc12. The standard InChI is InChI=1S/C26H32N4O4/c1-15(2)9-24(32)25-20-11-21(23(31)12-22(20)28-29-25)26(33)30-13-17-5-6-19(10-18(17)14-30)34-8-7-27-16(3)4/h5-6,10-12,15-16,27,31H,7-9,13-14H2,1-4H3,(H,28,29). The third-order valence-corrected chi connectivity index (χ3v) is 5.88. The molecule has 0 spiro atoms. The molecule has 0 unspecified atom stereocenters. The minimum atomic E-state index is -0.289. The second-order valence-corrected chi connectivity index (χ2v) is 9.56. The largest absolute Gasteiger partial charge is 0.507 e. The van der Waals surface area contributed by atoms with Gasteiger partial charge in [0.15, 0.2) is 5.78 Å². The number of ketones is 1. The van der Waals surface area contributed by atoms with E-state index in [0.29, 0.717) is 48.8 Å². The van der Waals surface area contributed by atoms with Crippen molar-refractivity contribution in [2.75, 3.05) is 13.2 Å². The van der Waals surface area contributed by atoms with Crippen molar-refractivity contribution in [3.63, 3.8) is 0 Å². The molecule has 0 bridgehead atoms. The number of fused-ring (bicyclic) bond motifs is 2. The van der Waals surface area contributed by atoms with Gasteiger partial charge in [0.25, 0.3) is 5.91 Å². The molecule has 0 radical (unpaired) electrons. The number of phenolic OH excluding ortho intramolecular Hbond substituents is 1. The fraction of sp³-hybridized carbons (Fsp3) is 0.423. The molecule has 8 nitrogen and oxygen atoms in total. The third kappa shape index (κ3) is 5.07. The molecule has 0 saturated heterocycles. The number of benzene rings is 2. The number of rotatable bonds is 9. The summed E-state index contributed by atoms with van der Waals surface area (Å²) < 4.78 is 5.84. The number of ether oxygens (including phenoxy) is 1. The summed E-state index contributed by atoms with van der Waals surface area (Å²) in [6, 6.07) is 9.32. The van der Waals surface area contributed by atoms with E-state index in [1.807, 2.05) is 32.0 Å². The van der Waals surface area contributed by atoms with Crippen LogP contribution in [0, 0.1) is 5.92 Å². The van der Waals surface area contributed by atoms with Crippen LogP contribution in [0.2, 0.25) is 0 Å². The van der Waals surface area contributed by atoms with Crippen LogP contribution in [0.25, 0.3) is 10.9 Å². The Morgan fingerprint density at radius 1 is 1.15 bits per heavy atom. The summed E-state index contributed by atoms with van der Waals surface area (Å²) >= 11 is 0. The van der Waals surface area contributed by atoms with Crippen LogP contribution in [0.1, 0.15) is 66.1 Å². The van der Waals surface area contributed by atoms with Crippen LogP contribution in [0.15, 0.2) is 30.3 Å². The summed E-state index contributed by atoms with van der Waals surface area (Å²) in [6.07, 6.45) is 0.365. The smallest absolute Gasteiger partial charge is 0.258 e. The number of nitrogens with zero attached hydrogens (tertiary/aromatic N) is 2. The summed E-state index contributed by atoms with van der Waals surface area (Å²) in [4.78, 5) is 27.6. The van der Waals surface area contributed by atoms with Crippen LogP contribution in [-0.4, -0.2) is 51.1 Å². The Balaban J connectivity index is 1.50. The van der Waals surface area contributed by atoms with Gasteiger partial charge in [-0.05, 0) is 35.2 Å². The van der Waals surface area contributed by atoms with E-state index in [0.717, 1.165) is 23.4 Å². The zero-order valence-corrected chi connectivity index (χ0v) is 20.1. The molecular weight excluding hydrogens is 432 g/mol. The van der Waals surface area contributed by atoms with E-state index in [1.54, 1.807) is 11.0 Å². The summed E-state index contributed by atoms with van der Waals surface area (Å²) in [5.41, 5.74) is 3.07. The molecule has 3 aromatic rings. The number of amides is 1. The Morgan fingerprint density at radius 3 is 2.65 bits per heavy atom. The predicted octanol–water partition coefficient (Wildman–Crippen LogP) is 4.03. The van der Waals surface area contributed by atoms with Gasteiger partial charge in [-0.1, -0.05) is 33.8 Å². The highest BCUT2D eigenvalue weighted by molar-refractivity contribution is 6.09. The molecule has 180 valence electrons. The van der Waals surface area contributed by atoms with Gasteiger partial charge in [0.2, 0.25) is 0 Å². The first-order valence-corrected chi connectivity index (χ1v) is 11.7. The van der Waals surface area contributed by atoms with Crippen molar-refractivity contribution < 1.29 is 19.4 Å². The number of H-pyrrole nitrogens is 1. The van der Waals surface area contributed by atoms with Crippen LogP contribution in [0.4, 0.5) is 0 Å². The number of aromatic nitrogens is 2. The molecule has 3 N–H and O–H groups in total. The summed E-state index contributed by atoms with van der Waals surface area (Å²) in [5, 5.41) is 21.3. The van der Waals surface area contributed by atoms with Gasteiger partial charge >= 0.3 is 0 Å². The quantitative estimate of drug-likeness (QED) is 0.326. The lowest BCUT2D eigenvalue weighted by Crippen LogP contribution is -2.27. The normalized spacial score (nSPS) is 13.2. The molecule has 0 atom stereocenters. The Kier molecular flexibility index (Phi) is 6.88. The van der Waals surface area contributed by atoms with Crippen LogP contribution in [0.5, 0.6) is 11.5 Å². The number of carbonyl (C=O) groups excluding carboxylic acids is 2. The van der Waals surface area contributed by atoms with E-state index in [2.05, 4.69) is 29.4 Å². The number of aromatic amines is 1. The van der Waals surface area contributed by atoms with E-state index in [4.69, 9.17) is 4.74 Å². The van der Waals surface area contributed by atoms with Crippen molar-refractivity contribution in [3.8, 4) is 11.5 Å². The fourth-order valence-corrected chi connectivity index (χ4v) is 4.20. The molecule has 1 aromatic heterocycles. The molecule has 0 saturated carbocycles. The Hall–Kier alpha value is -3.39. The van der Waals surface area contributed by atoms with E-state index in [1.165, 1.54) is 6.07 Å². The molecule has 1 amide bonds. The topological polar surface area (TPSA) is 108 Å². The van der Waals surface area contributed by atoms with Crippen LogP contribution in [0.3, 0.4) is 0 Å². The molecule has 1 aliphatic heterocycles. The molecule has 34 heavy (non-hydrogen) atoms. The number of carbonyl (C=O) groups is 2. The number of phenols is 1. The number of hydrogen-bond donors (Lipinski definition) is 3. The highest BCUT2D eigenvalue weighted by atomic mass is 16.5. The van der Waals surface area contributed by atoms with Crippen LogP contribution in [-0.2, 0) is 13.1 Å². The summed E-state index contributed by atoms with van der Waals surface area (Å²) in [5.74, 6) is 0.454. The van der Waals surface area contributed by atoms with Crippen molar-refractivity contribution in [1.82, 2.24) is 20.4 Å². The maximum atomic E-state index is 13.3. The zero-order chi connectivity index (χ0) is 24.4. The number of nitrogens with one attached hydrogen (secondary N) is 2. The number of aromatic hydroxyl groups is 1. The molecule has 8 heteroatoms. The highest BCUT2D eigenvalue weighted by Gasteiger charge is 2.28. The number of Topliss-reactive ketones (excluding diaryl/α,β-unsaturated/α-hetero) is 1. The lowest BCUT2D eigenvalue weighted by molar-refractivity contribution is 0.0748. The van der Waals surface area contributed by atoms with Gasteiger partial charge in [-0.25, -0.2) is 0 Å². The maximum Gasteiger partial charge on any atom is 0.258 e. The van der Waals surface area contributed by atoms with E-state index < -0.39 is 0 Å². The first-order chi connectivity index (χ1) is 16.2. The number of hydrogen-bond acceptors (Lipinski definition) is 6. The Bertz CT molecular complexity index is 1210. The molecule has 0 fully saturated rings. The fourth-order valence-electron chi connectivity index (χ4n) is 4.20. The molecular formula is C26H32N4O4. The van der Waals surface area contributed by atoms with Crippen molar-refractivity contribution in [2.24, 2.45) is 5.92 Å².